The molecule has 29 heavy (non-hydrogen) atoms. The maximum atomic E-state index is 14.7. The van der Waals surface area contributed by atoms with Crippen molar-refractivity contribution in [2.45, 2.75) is 57.8 Å². The van der Waals surface area contributed by atoms with Gasteiger partial charge in [-0.1, -0.05) is 38.0 Å². The van der Waals surface area contributed by atoms with Crippen molar-refractivity contribution >= 4 is 22.8 Å². The minimum atomic E-state index is -0.572. The third-order valence-corrected chi connectivity index (χ3v) is 6.49. The van der Waals surface area contributed by atoms with Gasteiger partial charge in [-0.05, 0) is 73.4 Å². The van der Waals surface area contributed by atoms with Crippen LogP contribution in [0.3, 0.4) is 0 Å². The predicted octanol–water partition coefficient (Wildman–Crippen LogP) is 6.83. The predicted molar refractivity (Wildman–Crippen MR) is 114 cm³/mol. The van der Waals surface area contributed by atoms with Gasteiger partial charge in [0, 0.05) is 5.56 Å². The van der Waals surface area contributed by atoms with Gasteiger partial charge < -0.3 is 0 Å². The summed E-state index contributed by atoms with van der Waals surface area (Å²) in [4.78, 5) is 0. The fourth-order valence-corrected chi connectivity index (χ4v) is 4.74. The number of aromatic nitrogens is 2. The fraction of sp³-hybridized carbons (Fsp3) is 0.417. The Labute approximate surface area is 174 Å². The summed E-state index contributed by atoms with van der Waals surface area (Å²) in [6.45, 7) is 2.22. The molecule has 150 valence electrons. The van der Waals surface area contributed by atoms with Gasteiger partial charge in [-0.2, -0.15) is 8.75 Å². The highest BCUT2D eigenvalue weighted by molar-refractivity contribution is 7.00. The van der Waals surface area contributed by atoms with E-state index in [4.69, 9.17) is 0 Å². The Bertz CT molecular complexity index is 1030. The molecule has 2 nitrogen and oxygen atoms in total. The molecule has 0 saturated heterocycles. The Balaban J connectivity index is 1.49. The smallest absolute Gasteiger partial charge is 0.142 e. The van der Waals surface area contributed by atoms with Gasteiger partial charge in [-0.25, -0.2) is 8.78 Å². The van der Waals surface area contributed by atoms with E-state index in [1.54, 1.807) is 12.1 Å². The van der Waals surface area contributed by atoms with Crippen LogP contribution in [0.4, 0.5) is 8.78 Å². The lowest BCUT2D eigenvalue weighted by atomic mass is 9.77. The zero-order valence-electron chi connectivity index (χ0n) is 16.5. The van der Waals surface area contributed by atoms with E-state index in [0.717, 1.165) is 59.9 Å². The molecule has 3 aromatic rings. The van der Waals surface area contributed by atoms with E-state index in [0.29, 0.717) is 5.56 Å². The summed E-state index contributed by atoms with van der Waals surface area (Å²) in [6.07, 6.45) is 8.13. The summed E-state index contributed by atoms with van der Waals surface area (Å²) < 4.78 is 37.6. The first-order valence-electron chi connectivity index (χ1n) is 10.4. The first kappa shape index (κ1) is 20.0. The minimum absolute atomic E-state index is 0.165. The SMILES string of the molecule is CCCCC1CCC(c2cc(F)c(C#Cc3ccc4nsnc4c3)c(F)c2)CC1. The molecule has 0 aliphatic heterocycles. The molecule has 1 saturated carbocycles. The van der Waals surface area contributed by atoms with Crippen molar-refractivity contribution in [2.75, 3.05) is 0 Å². The summed E-state index contributed by atoms with van der Waals surface area (Å²) in [5.74, 6) is 5.40. The van der Waals surface area contributed by atoms with E-state index in [9.17, 15) is 8.78 Å². The zero-order valence-corrected chi connectivity index (χ0v) is 17.4. The molecular formula is C24H24F2N2S. The van der Waals surface area contributed by atoms with Crippen molar-refractivity contribution in [1.82, 2.24) is 8.75 Å². The van der Waals surface area contributed by atoms with Crippen molar-refractivity contribution in [3.8, 4) is 11.8 Å². The molecule has 0 radical (unpaired) electrons. The maximum Gasteiger partial charge on any atom is 0.142 e. The van der Waals surface area contributed by atoms with E-state index >= 15 is 0 Å². The van der Waals surface area contributed by atoms with Gasteiger partial charge in [0.15, 0.2) is 0 Å². The molecule has 1 aliphatic rings. The number of fused-ring (bicyclic) bond motifs is 1. The number of hydrogen-bond acceptors (Lipinski definition) is 3. The number of rotatable bonds is 4. The molecule has 1 aliphatic carbocycles. The molecule has 4 rings (SSSR count). The summed E-state index contributed by atoms with van der Waals surface area (Å²) in [5.41, 5.74) is 2.81. The van der Waals surface area contributed by atoms with Crippen LogP contribution in [0.2, 0.25) is 0 Å². The van der Waals surface area contributed by atoms with Gasteiger partial charge in [0.1, 0.15) is 22.7 Å². The largest absolute Gasteiger partial charge is 0.206 e. The Morgan fingerprint density at radius 2 is 1.69 bits per heavy atom. The summed E-state index contributed by atoms with van der Waals surface area (Å²) in [6, 6.07) is 8.36. The van der Waals surface area contributed by atoms with E-state index in [2.05, 4.69) is 27.5 Å². The lowest BCUT2D eigenvalue weighted by Gasteiger charge is -2.29. The third kappa shape index (κ3) is 4.64. The Hall–Kier alpha value is -2.32. The fourth-order valence-electron chi connectivity index (χ4n) is 4.22. The summed E-state index contributed by atoms with van der Waals surface area (Å²) in [5, 5.41) is 0. The second-order valence-electron chi connectivity index (χ2n) is 7.94. The number of halogens is 2. The van der Waals surface area contributed by atoms with Crippen LogP contribution in [0.15, 0.2) is 30.3 Å². The first-order chi connectivity index (χ1) is 14.1. The lowest BCUT2D eigenvalue weighted by molar-refractivity contribution is 0.303. The number of hydrogen-bond donors (Lipinski definition) is 0. The van der Waals surface area contributed by atoms with Gasteiger partial charge in [0.25, 0.3) is 0 Å². The highest BCUT2D eigenvalue weighted by atomic mass is 32.1. The molecule has 5 heteroatoms. The van der Waals surface area contributed by atoms with Crippen molar-refractivity contribution in [3.05, 3.63) is 58.7 Å². The molecule has 1 heterocycles. The van der Waals surface area contributed by atoms with Gasteiger partial charge in [0.05, 0.1) is 17.3 Å². The van der Waals surface area contributed by atoms with Crippen LogP contribution in [0.25, 0.3) is 11.0 Å². The quantitative estimate of drug-likeness (QED) is 0.440. The molecule has 0 unspecified atom stereocenters. The molecule has 0 bridgehead atoms. The monoisotopic (exact) mass is 410 g/mol. The zero-order chi connectivity index (χ0) is 20.2. The minimum Gasteiger partial charge on any atom is -0.206 e. The molecule has 2 aromatic carbocycles. The highest BCUT2D eigenvalue weighted by Gasteiger charge is 2.23. The van der Waals surface area contributed by atoms with Crippen molar-refractivity contribution in [2.24, 2.45) is 5.92 Å². The Kier molecular flexibility index (Phi) is 6.20. The van der Waals surface area contributed by atoms with Gasteiger partial charge in [-0.15, -0.1) is 0 Å². The average molecular weight is 411 g/mol. The molecule has 0 N–H and O–H groups in total. The van der Waals surface area contributed by atoms with Gasteiger partial charge >= 0.3 is 0 Å². The Morgan fingerprint density at radius 3 is 2.41 bits per heavy atom. The standard InChI is InChI=1S/C24H24F2N2S/c1-2-3-4-16-5-9-18(10-6-16)19-14-21(25)20(22(26)15-19)11-7-17-8-12-23-24(13-17)28-29-27-23/h8,12-16,18H,2-6,9-10H2,1H3. The first-order valence-corrected chi connectivity index (χ1v) is 11.1. The van der Waals surface area contributed by atoms with Crippen molar-refractivity contribution in [3.63, 3.8) is 0 Å². The van der Waals surface area contributed by atoms with Crippen LogP contribution in [-0.4, -0.2) is 8.75 Å². The average Bonchev–Trinajstić information content (AvgIpc) is 3.20. The Morgan fingerprint density at radius 1 is 0.966 bits per heavy atom. The van der Waals surface area contributed by atoms with Crippen LogP contribution < -0.4 is 0 Å². The molecule has 0 amide bonds. The molecule has 0 atom stereocenters. The topological polar surface area (TPSA) is 25.8 Å². The number of unbranched alkanes of at least 4 members (excludes halogenated alkanes) is 1. The van der Waals surface area contributed by atoms with Crippen molar-refractivity contribution in [1.29, 1.82) is 0 Å². The highest BCUT2D eigenvalue weighted by Crippen LogP contribution is 2.38. The molecule has 0 spiro atoms. The molecule has 1 fully saturated rings. The normalized spacial score (nSPS) is 19.1. The number of nitrogens with zero attached hydrogens (tertiary/aromatic N) is 2. The third-order valence-electron chi connectivity index (χ3n) is 5.93. The second-order valence-corrected chi connectivity index (χ2v) is 8.47. The van der Waals surface area contributed by atoms with E-state index in [-0.39, 0.29) is 11.5 Å². The maximum absolute atomic E-state index is 14.7. The van der Waals surface area contributed by atoms with Gasteiger partial charge in [0.2, 0.25) is 0 Å². The van der Waals surface area contributed by atoms with Crippen LogP contribution in [0.5, 0.6) is 0 Å². The van der Waals surface area contributed by atoms with Crippen LogP contribution in [0, 0.1) is 29.4 Å². The summed E-state index contributed by atoms with van der Waals surface area (Å²) >= 11 is 1.13. The van der Waals surface area contributed by atoms with E-state index < -0.39 is 11.6 Å². The van der Waals surface area contributed by atoms with Crippen LogP contribution >= 0.6 is 11.7 Å². The molecule has 1 aromatic heterocycles. The van der Waals surface area contributed by atoms with Crippen LogP contribution in [-0.2, 0) is 0 Å². The van der Waals surface area contributed by atoms with E-state index in [1.807, 2.05) is 6.07 Å². The summed E-state index contributed by atoms with van der Waals surface area (Å²) in [7, 11) is 0. The van der Waals surface area contributed by atoms with Crippen molar-refractivity contribution < 1.29 is 8.78 Å². The number of benzene rings is 2. The van der Waals surface area contributed by atoms with E-state index in [1.165, 1.54) is 31.4 Å². The lowest BCUT2D eigenvalue weighted by Crippen LogP contribution is -2.14. The van der Waals surface area contributed by atoms with Gasteiger partial charge in [-0.3, -0.25) is 0 Å². The van der Waals surface area contributed by atoms with Crippen LogP contribution in [0.1, 0.15) is 74.5 Å². The second kappa shape index (κ2) is 9.00. The molecular weight excluding hydrogens is 386 g/mol.